The van der Waals surface area contributed by atoms with E-state index in [1.807, 2.05) is 4.90 Å². The average Bonchev–Trinajstić information content (AvgIpc) is 2.91. The van der Waals surface area contributed by atoms with E-state index in [1.165, 1.54) is 6.33 Å². The number of likely N-dealkylation sites (tertiary alicyclic amines) is 1. The zero-order valence-electron chi connectivity index (χ0n) is 13.1. The highest BCUT2D eigenvalue weighted by Gasteiger charge is 2.37. The van der Waals surface area contributed by atoms with Crippen molar-refractivity contribution in [1.29, 1.82) is 0 Å². The van der Waals surface area contributed by atoms with E-state index in [1.54, 1.807) is 6.26 Å². The number of amides is 1. The number of hydrogen-bond acceptors (Lipinski definition) is 4. The molecule has 2 aromatic heterocycles. The minimum atomic E-state index is -0.256. The van der Waals surface area contributed by atoms with Crippen molar-refractivity contribution >= 4 is 17.5 Å². The molecule has 0 aliphatic carbocycles. The molecule has 1 aliphatic rings. The summed E-state index contributed by atoms with van der Waals surface area (Å²) < 4.78 is 5.42. The molecule has 1 saturated heterocycles. The van der Waals surface area contributed by atoms with Gasteiger partial charge in [0.05, 0.1) is 12.6 Å². The monoisotopic (exact) mass is 303 g/mol. The highest BCUT2D eigenvalue weighted by atomic mass is 16.3. The van der Waals surface area contributed by atoms with E-state index in [0.717, 1.165) is 24.8 Å². The summed E-state index contributed by atoms with van der Waals surface area (Å²) in [6, 6.07) is 0.163. The molecule has 1 fully saturated rings. The molecular weight excluding hydrogens is 282 g/mol. The maximum Gasteiger partial charge on any atom is 0.294 e. The number of carbonyl (C=O) groups is 1. The lowest BCUT2D eigenvalue weighted by atomic mass is 9.75. The number of rotatable bonds is 2. The van der Waals surface area contributed by atoms with Crippen LogP contribution in [-0.2, 0) is 4.79 Å². The minimum absolute atomic E-state index is 0.00399. The molecule has 2 aromatic rings. The number of nitrogens with one attached hydrogen (secondary N) is 1. The van der Waals surface area contributed by atoms with Gasteiger partial charge in [0.2, 0.25) is 12.0 Å². The molecule has 22 heavy (non-hydrogen) atoms. The molecule has 6 heteroatoms. The van der Waals surface area contributed by atoms with Crippen LogP contribution in [0.1, 0.15) is 45.1 Å². The number of aromatic nitrogens is 2. The first-order valence-electron chi connectivity index (χ1n) is 7.57. The molecule has 3 heterocycles. The highest BCUT2D eigenvalue weighted by Crippen LogP contribution is 2.40. The van der Waals surface area contributed by atoms with E-state index in [9.17, 15) is 9.59 Å². The first-order valence-corrected chi connectivity index (χ1v) is 7.57. The van der Waals surface area contributed by atoms with Gasteiger partial charge in [0, 0.05) is 18.2 Å². The van der Waals surface area contributed by atoms with Gasteiger partial charge in [-0.15, -0.1) is 0 Å². The van der Waals surface area contributed by atoms with Gasteiger partial charge in [-0.25, -0.2) is 4.98 Å². The van der Waals surface area contributed by atoms with Gasteiger partial charge < -0.3 is 14.3 Å². The van der Waals surface area contributed by atoms with Crippen molar-refractivity contribution in [2.24, 2.45) is 5.41 Å². The van der Waals surface area contributed by atoms with Crippen LogP contribution >= 0.6 is 0 Å². The third kappa shape index (κ3) is 2.42. The van der Waals surface area contributed by atoms with Crippen LogP contribution in [0.2, 0.25) is 0 Å². The van der Waals surface area contributed by atoms with E-state index in [2.05, 4.69) is 30.7 Å². The van der Waals surface area contributed by atoms with Crippen molar-refractivity contribution in [2.45, 2.75) is 45.6 Å². The largest absolute Gasteiger partial charge is 0.456 e. The Bertz CT molecular complexity index is 741. The summed E-state index contributed by atoms with van der Waals surface area (Å²) in [5, 5.41) is 0. The van der Waals surface area contributed by atoms with Gasteiger partial charge in [-0.2, -0.15) is 0 Å². The van der Waals surface area contributed by atoms with Gasteiger partial charge in [0.1, 0.15) is 5.52 Å². The summed E-state index contributed by atoms with van der Waals surface area (Å²) >= 11 is 0. The Balaban J connectivity index is 1.96. The molecule has 0 bridgehead atoms. The van der Waals surface area contributed by atoms with Crippen molar-refractivity contribution in [3.63, 3.8) is 0 Å². The fourth-order valence-corrected chi connectivity index (χ4v) is 3.41. The zero-order chi connectivity index (χ0) is 15.9. The number of hydrogen-bond donors (Lipinski definition) is 1. The van der Waals surface area contributed by atoms with Crippen molar-refractivity contribution in [2.75, 3.05) is 6.54 Å². The molecule has 2 unspecified atom stereocenters. The predicted molar refractivity (Wildman–Crippen MR) is 82.6 cm³/mol. The summed E-state index contributed by atoms with van der Waals surface area (Å²) in [5.41, 5.74) is 1.64. The van der Waals surface area contributed by atoms with Gasteiger partial charge in [-0.3, -0.25) is 9.59 Å². The summed E-state index contributed by atoms with van der Waals surface area (Å²) in [5.74, 6) is 0.246. The minimum Gasteiger partial charge on any atom is -0.456 e. The second-order valence-corrected chi connectivity index (χ2v) is 7.05. The lowest BCUT2D eigenvalue weighted by Gasteiger charge is -2.44. The van der Waals surface area contributed by atoms with E-state index >= 15 is 0 Å². The molecule has 2 atom stereocenters. The number of nitrogens with zero attached hydrogens (tertiary/aromatic N) is 2. The fourth-order valence-electron chi connectivity index (χ4n) is 3.41. The van der Waals surface area contributed by atoms with Gasteiger partial charge in [0.25, 0.3) is 5.56 Å². The van der Waals surface area contributed by atoms with Crippen LogP contribution in [0.3, 0.4) is 0 Å². The van der Waals surface area contributed by atoms with Gasteiger partial charge in [-0.05, 0) is 24.2 Å². The Morgan fingerprint density at radius 2 is 2.23 bits per heavy atom. The molecular formula is C16H21N3O3. The molecule has 0 saturated carbocycles. The smallest absolute Gasteiger partial charge is 0.294 e. The highest BCUT2D eigenvalue weighted by molar-refractivity contribution is 5.75. The lowest BCUT2D eigenvalue weighted by Crippen LogP contribution is -2.48. The maximum atomic E-state index is 11.8. The van der Waals surface area contributed by atoms with Crippen molar-refractivity contribution < 1.29 is 9.21 Å². The van der Waals surface area contributed by atoms with E-state index in [-0.39, 0.29) is 28.5 Å². The number of H-pyrrole nitrogens is 1. The zero-order valence-corrected chi connectivity index (χ0v) is 13.1. The molecule has 1 N–H and O–H groups in total. The Hall–Kier alpha value is -2.11. The van der Waals surface area contributed by atoms with Crippen LogP contribution in [0.4, 0.5) is 0 Å². The predicted octanol–water partition coefficient (Wildman–Crippen LogP) is 2.27. The second kappa shape index (κ2) is 5.26. The van der Waals surface area contributed by atoms with Crippen LogP contribution in [-0.4, -0.2) is 33.9 Å². The summed E-state index contributed by atoms with van der Waals surface area (Å²) in [6.45, 7) is 7.15. The topological polar surface area (TPSA) is 79.2 Å². The number of fused-ring (bicyclic) bond motifs is 1. The van der Waals surface area contributed by atoms with Crippen LogP contribution < -0.4 is 5.56 Å². The van der Waals surface area contributed by atoms with Crippen LogP contribution in [0, 0.1) is 5.41 Å². The van der Waals surface area contributed by atoms with Crippen molar-refractivity contribution in [1.82, 2.24) is 14.9 Å². The number of aromatic amines is 1. The molecule has 0 radical (unpaired) electrons. The van der Waals surface area contributed by atoms with Gasteiger partial charge >= 0.3 is 0 Å². The number of piperidine rings is 1. The van der Waals surface area contributed by atoms with Crippen LogP contribution in [0.25, 0.3) is 11.1 Å². The Labute approximate surface area is 128 Å². The first-order chi connectivity index (χ1) is 10.4. The molecule has 1 aliphatic heterocycles. The third-order valence-electron chi connectivity index (χ3n) is 4.61. The van der Waals surface area contributed by atoms with Crippen molar-refractivity contribution in [3.8, 4) is 0 Å². The number of furan rings is 1. The quantitative estimate of drug-likeness (QED) is 0.863. The summed E-state index contributed by atoms with van der Waals surface area (Å²) in [6.07, 6.45) is 5.71. The molecule has 1 amide bonds. The van der Waals surface area contributed by atoms with E-state index < -0.39 is 0 Å². The second-order valence-electron chi connectivity index (χ2n) is 7.05. The number of carbonyl (C=O) groups excluding carboxylic acids is 1. The van der Waals surface area contributed by atoms with E-state index in [4.69, 9.17) is 4.42 Å². The molecule has 6 nitrogen and oxygen atoms in total. The van der Waals surface area contributed by atoms with E-state index in [0.29, 0.717) is 12.1 Å². The van der Waals surface area contributed by atoms with Gasteiger partial charge in [0.15, 0.2) is 0 Å². The van der Waals surface area contributed by atoms with Crippen LogP contribution in [0.15, 0.2) is 21.8 Å². The normalized spacial score (nSPS) is 23.0. The molecule has 0 aromatic carbocycles. The third-order valence-corrected chi connectivity index (χ3v) is 4.61. The van der Waals surface area contributed by atoms with Crippen molar-refractivity contribution in [3.05, 3.63) is 28.5 Å². The Morgan fingerprint density at radius 3 is 2.91 bits per heavy atom. The van der Waals surface area contributed by atoms with Gasteiger partial charge in [-0.1, -0.05) is 20.8 Å². The standard InChI is InChI=1S/C16H21N3O3/c1-16(2,3)12-6-10(4-5-19(12)9-20)11-7-22-14-13(11)17-8-18-15(14)21/h7-10,12H,4-6H2,1-3H3,(H,17,18,21). The lowest BCUT2D eigenvalue weighted by molar-refractivity contribution is -0.124. The molecule has 0 spiro atoms. The first kappa shape index (κ1) is 14.8. The average molecular weight is 303 g/mol. The molecule has 118 valence electrons. The fraction of sp³-hybridized carbons (Fsp3) is 0.562. The Kier molecular flexibility index (Phi) is 3.54. The maximum absolute atomic E-state index is 11.8. The SMILES string of the molecule is CC(C)(C)C1CC(c2coc3c(=O)[nH]cnc23)CCN1C=O. The Morgan fingerprint density at radius 1 is 1.45 bits per heavy atom. The summed E-state index contributed by atoms with van der Waals surface area (Å²) in [4.78, 5) is 31.8. The molecule has 3 rings (SSSR count). The van der Waals surface area contributed by atoms with Crippen LogP contribution in [0.5, 0.6) is 0 Å². The summed E-state index contributed by atoms with van der Waals surface area (Å²) in [7, 11) is 0.